The predicted octanol–water partition coefficient (Wildman–Crippen LogP) is 3.17. The summed E-state index contributed by atoms with van der Waals surface area (Å²) in [4.78, 5) is 21.9. The number of ketones is 1. The number of rotatable bonds is 5. The zero-order chi connectivity index (χ0) is 15.4. The second-order valence-corrected chi connectivity index (χ2v) is 4.37. The minimum atomic E-state index is -0.892. The molecule has 0 aliphatic rings. The van der Waals surface area contributed by atoms with E-state index in [0.717, 1.165) is 18.2 Å². The molecular weight excluding hydrogens is 277 g/mol. The summed E-state index contributed by atoms with van der Waals surface area (Å²) in [6, 6.07) is 9.87. The lowest BCUT2D eigenvalue weighted by molar-refractivity contribution is -0.385. The quantitative estimate of drug-likeness (QED) is 0.481. The molecule has 0 radical (unpaired) electrons. The Morgan fingerprint density at radius 2 is 2.05 bits per heavy atom. The topological polar surface area (TPSA) is 69.4 Å². The molecule has 0 atom stereocenters. The van der Waals surface area contributed by atoms with Crippen molar-refractivity contribution in [2.45, 2.75) is 6.42 Å². The van der Waals surface area contributed by atoms with Crippen LogP contribution in [0.2, 0.25) is 0 Å². The number of hydrogen-bond acceptors (Lipinski definition) is 4. The highest BCUT2D eigenvalue weighted by Gasteiger charge is 2.16. The van der Waals surface area contributed by atoms with E-state index in [1.54, 1.807) is 24.3 Å². The van der Waals surface area contributed by atoms with Crippen molar-refractivity contribution in [1.29, 1.82) is 0 Å². The minimum absolute atomic E-state index is 0.00801. The Hall–Kier alpha value is -2.76. The van der Waals surface area contributed by atoms with E-state index in [1.807, 2.05) is 0 Å². The van der Waals surface area contributed by atoms with Gasteiger partial charge in [-0.1, -0.05) is 12.1 Å². The first-order valence-electron chi connectivity index (χ1n) is 6.11. The van der Waals surface area contributed by atoms with Gasteiger partial charge in [-0.3, -0.25) is 14.9 Å². The van der Waals surface area contributed by atoms with Gasteiger partial charge in [-0.15, -0.1) is 0 Å². The summed E-state index contributed by atoms with van der Waals surface area (Å²) in [7, 11) is 1.51. The number of methoxy groups -OCH3 is 1. The number of nitrogens with zero attached hydrogens (tertiary/aromatic N) is 1. The maximum Gasteiger partial charge on any atom is 0.272 e. The van der Waals surface area contributed by atoms with Gasteiger partial charge in [-0.05, 0) is 23.8 Å². The van der Waals surface area contributed by atoms with Gasteiger partial charge in [0, 0.05) is 12.5 Å². The summed E-state index contributed by atoms with van der Waals surface area (Å²) in [6.07, 6.45) is -0.00801. The number of carbonyl (C=O) groups is 1. The largest absolute Gasteiger partial charge is 0.497 e. The maximum atomic E-state index is 13.8. The molecule has 0 N–H and O–H groups in total. The number of nitro groups is 1. The highest BCUT2D eigenvalue weighted by molar-refractivity contribution is 5.98. The van der Waals surface area contributed by atoms with E-state index in [9.17, 15) is 19.3 Å². The van der Waals surface area contributed by atoms with E-state index >= 15 is 0 Å². The molecule has 0 amide bonds. The van der Waals surface area contributed by atoms with Gasteiger partial charge in [0.15, 0.2) is 5.78 Å². The first kappa shape index (κ1) is 14.6. The van der Waals surface area contributed by atoms with Crippen LogP contribution in [0.4, 0.5) is 10.1 Å². The predicted molar refractivity (Wildman–Crippen MR) is 74.1 cm³/mol. The standard InChI is InChI=1S/C15H12FNO4/c1-21-12-4-2-3-10(7-12)8-15(18)13-6-5-11(17(19)20)9-14(13)16/h2-7,9H,8H2,1H3. The van der Waals surface area contributed by atoms with Crippen LogP contribution in [0.1, 0.15) is 15.9 Å². The molecule has 6 heteroatoms. The molecule has 0 spiro atoms. The van der Waals surface area contributed by atoms with Crippen molar-refractivity contribution in [1.82, 2.24) is 0 Å². The van der Waals surface area contributed by atoms with Crippen LogP contribution in [0.15, 0.2) is 42.5 Å². The molecule has 2 rings (SSSR count). The highest BCUT2D eigenvalue weighted by atomic mass is 19.1. The van der Waals surface area contributed by atoms with Crippen LogP contribution < -0.4 is 4.74 Å². The third kappa shape index (κ3) is 3.42. The van der Waals surface area contributed by atoms with E-state index in [0.29, 0.717) is 11.3 Å². The molecule has 0 bridgehead atoms. The number of benzene rings is 2. The van der Waals surface area contributed by atoms with E-state index in [4.69, 9.17) is 4.74 Å². The van der Waals surface area contributed by atoms with Crippen LogP contribution in [0, 0.1) is 15.9 Å². The van der Waals surface area contributed by atoms with Crippen molar-refractivity contribution in [3.05, 3.63) is 69.5 Å². The first-order valence-corrected chi connectivity index (χ1v) is 6.11. The lowest BCUT2D eigenvalue weighted by Crippen LogP contribution is -2.06. The Labute approximate surface area is 120 Å². The molecule has 21 heavy (non-hydrogen) atoms. The number of hydrogen-bond donors (Lipinski definition) is 0. The maximum absolute atomic E-state index is 13.8. The lowest BCUT2D eigenvalue weighted by atomic mass is 10.0. The van der Waals surface area contributed by atoms with Gasteiger partial charge in [-0.25, -0.2) is 4.39 Å². The molecule has 0 aliphatic carbocycles. The van der Waals surface area contributed by atoms with Gasteiger partial charge in [0.1, 0.15) is 11.6 Å². The molecule has 0 unspecified atom stereocenters. The average Bonchev–Trinajstić information content (AvgIpc) is 2.47. The summed E-state index contributed by atoms with van der Waals surface area (Å²) in [5.41, 5.74) is 0.131. The summed E-state index contributed by atoms with van der Waals surface area (Å²) < 4.78 is 18.8. The number of non-ortho nitro benzene ring substituents is 1. The zero-order valence-corrected chi connectivity index (χ0v) is 11.2. The SMILES string of the molecule is COc1cccc(CC(=O)c2ccc([N+](=O)[O-])cc2F)c1. The molecule has 2 aromatic carbocycles. The molecule has 0 heterocycles. The van der Waals surface area contributed by atoms with E-state index in [1.165, 1.54) is 7.11 Å². The number of carbonyl (C=O) groups excluding carboxylic acids is 1. The summed E-state index contributed by atoms with van der Waals surface area (Å²) >= 11 is 0. The van der Waals surface area contributed by atoms with Crippen molar-refractivity contribution in [2.75, 3.05) is 7.11 Å². The Morgan fingerprint density at radius 1 is 1.29 bits per heavy atom. The molecule has 0 fully saturated rings. The average molecular weight is 289 g/mol. The van der Waals surface area contributed by atoms with Gasteiger partial charge in [0.25, 0.3) is 5.69 Å². The fraction of sp³-hybridized carbons (Fsp3) is 0.133. The molecule has 0 aliphatic heterocycles. The summed E-state index contributed by atoms with van der Waals surface area (Å²) in [6.45, 7) is 0. The van der Waals surface area contributed by atoms with Crippen molar-refractivity contribution >= 4 is 11.5 Å². The normalized spacial score (nSPS) is 10.2. The van der Waals surface area contributed by atoms with Crippen LogP contribution in [-0.4, -0.2) is 17.8 Å². The van der Waals surface area contributed by atoms with Gasteiger partial charge in [0.2, 0.25) is 0 Å². The Morgan fingerprint density at radius 3 is 2.67 bits per heavy atom. The fourth-order valence-corrected chi connectivity index (χ4v) is 1.91. The summed E-state index contributed by atoms with van der Waals surface area (Å²) in [5.74, 6) is -0.739. The van der Waals surface area contributed by atoms with Gasteiger partial charge in [0.05, 0.1) is 23.7 Å². The molecule has 0 saturated heterocycles. The minimum Gasteiger partial charge on any atom is -0.497 e. The highest BCUT2D eigenvalue weighted by Crippen LogP contribution is 2.19. The number of ether oxygens (including phenoxy) is 1. The van der Waals surface area contributed by atoms with Gasteiger partial charge in [-0.2, -0.15) is 0 Å². The smallest absolute Gasteiger partial charge is 0.272 e. The van der Waals surface area contributed by atoms with Crippen LogP contribution >= 0.6 is 0 Å². The molecular formula is C15H12FNO4. The second kappa shape index (κ2) is 6.13. The van der Waals surface area contributed by atoms with Gasteiger partial charge < -0.3 is 4.74 Å². The number of halogens is 1. The molecule has 0 saturated carbocycles. The van der Waals surface area contributed by atoms with E-state index < -0.39 is 16.5 Å². The molecule has 108 valence electrons. The third-order valence-corrected chi connectivity index (χ3v) is 2.96. The number of nitro benzene ring substituents is 1. The lowest BCUT2D eigenvalue weighted by Gasteiger charge is -2.05. The monoisotopic (exact) mass is 289 g/mol. The van der Waals surface area contributed by atoms with Crippen molar-refractivity contribution in [3.63, 3.8) is 0 Å². The third-order valence-electron chi connectivity index (χ3n) is 2.96. The van der Waals surface area contributed by atoms with Crippen molar-refractivity contribution < 1.29 is 18.8 Å². The Balaban J connectivity index is 2.22. The van der Waals surface area contributed by atoms with E-state index in [-0.39, 0.29) is 17.7 Å². The Bertz CT molecular complexity index is 700. The number of Topliss-reactive ketones (excluding diaryl/α,β-unsaturated/α-hetero) is 1. The molecule has 5 nitrogen and oxygen atoms in total. The first-order chi connectivity index (χ1) is 10.0. The zero-order valence-electron chi connectivity index (χ0n) is 11.2. The van der Waals surface area contributed by atoms with Crippen molar-refractivity contribution in [3.8, 4) is 5.75 Å². The molecule has 0 aromatic heterocycles. The van der Waals surface area contributed by atoms with Crippen molar-refractivity contribution in [2.24, 2.45) is 0 Å². The van der Waals surface area contributed by atoms with Crippen LogP contribution in [0.25, 0.3) is 0 Å². The second-order valence-electron chi connectivity index (χ2n) is 4.37. The fourth-order valence-electron chi connectivity index (χ4n) is 1.91. The van der Waals surface area contributed by atoms with Crippen LogP contribution in [0.5, 0.6) is 5.75 Å². The Kier molecular flexibility index (Phi) is 4.27. The van der Waals surface area contributed by atoms with Crippen LogP contribution in [-0.2, 0) is 6.42 Å². The van der Waals surface area contributed by atoms with E-state index in [2.05, 4.69) is 0 Å². The summed E-state index contributed by atoms with van der Waals surface area (Å²) in [5, 5.41) is 10.5. The molecule has 2 aromatic rings. The van der Waals surface area contributed by atoms with Gasteiger partial charge >= 0.3 is 0 Å². The van der Waals surface area contributed by atoms with Crippen LogP contribution in [0.3, 0.4) is 0 Å².